The van der Waals surface area contributed by atoms with E-state index in [0.29, 0.717) is 18.5 Å². The van der Waals surface area contributed by atoms with E-state index in [4.69, 9.17) is 5.11 Å². The van der Waals surface area contributed by atoms with Gasteiger partial charge in [-0.25, -0.2) is 0 Å². The fourth-order valence-corrected chi connectivity index (χ4v) is 2.26. The molecule has 94 valence electrons. The summed E-state index contributed by atoms with van der Waals surface area (Å²) < 4.78 is 0.897. The predicted octanol–water partition coefficient (Wildman–Crippen LogP) is 2.74. The Hall–Kier alpha value is -0.880. The molecule has 1 aromatic rings. The summed E-state index contributed by atoms with van der Waals surface area (Å²) in [5.74, 6) is -1.03. The van der Waals surface area contributed by atoms with Gasteiger partial charge in [-0.05, 0) is 42.3 Å². The molecule has 2 N–H and O–H groups in total. The lowest BCUT2D eigenvalue weighted by Crippen LogP contribution is -2.31. The Bertz CT molecular complexity index is 428. The molecule has 1 heterocycles. The van der Waals surface area contributed by atoms with Crippen molar-refractivity contribution in [3.05, 3.63) is 20.8 Å². The summed E-state index contributed by atoms with van der Waals surface area (Å²) in [6.45, 7) is 3.64. The highest BCUT2D eigenvalue weighted by Gasteiger charge is 2.26. The summed E-state index contributed by atoms with van der Waals surface area (Å²) >= 11 is 4.72. The molecule has 0 bridgehead atoms. The molecule has 0 saturated heterocycles. The van der Waals surface area contributed by atoms with Gasteiger partial charge in [0.2, 0.25) is 0 Å². The van der Waals surface area contributed by atoms with E-state index in [0.717, 1.165) is 3.79 Å². The minimum absolute atomic E-state index is 0.173. The highest BCUT2D eigenvalue weighted by atomic mass is 79.9. The van der Waals surface area contributed by atoms with Gasteiger partial charge >= 0.3 is 5.97 Å². The van der Waals surface area contributed by atoms with Crippen molar-refractivity contribution in [2.24, 2.45) is 5.41 Å². The van der Waals surface area contributed by atoms with Gasteiger partial charge in [0.1, 0.15) is 0 Å². The Balaban J connectivity index is 2.42. The van der Waals surface area contributed by atoms with Crippen molar-refractivity contribution in [1.82, 2.24) is 5.32 Å². The number of thiophene rings is 1. The van der Waals surface area contributed by atoms with E-state index in [1.54, 1.807) is 25.3 Å². The molecule has 4 nitrogen and oxygen atoms in total. The number of carboxylic acids is 1. The summed E-state index contributed by atoms with van der Waals surface area (Å²) in [5, 5.41) is 13.4. The maximum Gasteiger partial charge on any atom is 0.309 e. The molecule has 0 aliphatic rings. The predicted molar refractivity (Wildman–Crippen MR) is 70.4 cm³/mol. The second-order valence-corrected chi connectivity index (χ2v) is 6.62. The van der Waals surface area contributed by atoms with E-state index in [9.17, 15) is 9.59 Å². The molecule has 0 aromatic carbocycles. The van der Waals surface area contributed by atoms with Crippen LogP contribution in [-0.2, 0) is 4.79 Å². The molecule has 17 heavy (non-hydrogen) atoms. The Labute approximate surface area is 112 Å². The Kier molecular flexibility index (Phi) is 4.70. The standard InChI is InChI=1S/C11H14BrNO3S/c1-11(2,10(15)16)3-4-13-9(14)7-5-8(12)17-6-7/h5-6H,3-4H2,1-2H3,(H,13,14)(H,15,16). The minimum Gasteiger partial charge on any atom is -0.481 e. The van der Waals surface area contributed by atoms with E-state index >= 15 is 0 Å². The molecular weight excluding hydrogens is 306 g/mol. The highest BCUT2D eigenvalue weighted by Crippen LogP contribution is 2.21. The average molecular weight is 320 g/mol. The first-order valence-electron chi connectivity index (χ1n) is 5.08. The molecule has 0 saturated carbocycles. The van der Waals surface area contributed by atoms with E-state index in [1.165, 1.54) is 11.3 Å². The maximum atomic E-state index is 11.6. The molecule has 0 spiro atoms. The van der Waals surface area contributed by atoms with Gasteiger partial charge in [-0.3, -0.25) is 9.59 Å². The van der Waals surface area contributed by atoms with Crippen molar-refractivity contribution in [2.45, 2.75) is 20.3 Å². The number of halogens is 1. The third kappa shape index (κ3) is 4.12. The number of carbonyl (C=O) groups excluding carboxylic acids is 1. The third-order valence-corrected chi connectivity index (χ3v) is 3.95. The molecule has 1 amide bonds. The van der Waals surface area contributed by atoms with Crippen LogP contribution >= 0.6 is 27.3 Å². The Morgan fingerprint density at radius 2 is 2.18 bits per heavy atom. The zero-order chi connectivity index (χ0) is 13.1. The van der Waals surface area contributed by atoms with Crippen molar-refractivity contribution in [3.63, 3.8) is 0 Å². The second kappa shape index (κ2) is 5.64. The number of nitrogens with one attached hydrogen (secondary N) is 1. The van der Waals surface area contributed by atoms with E-state index in [1.807, 2.05) is 0 Å². The van der Waals surface area contributed by atoms with Crippen LogP contribution in [0.5, 0.6) is 0 Å². The van der Waals surface area contributed by atoms with E-state index in [2.05, 4.69) is 21.2 Å². The fraction of sp³-hybridized carbons (Fsp3) is 0.455. The summed E-state index contributed by atoms with van der Waals surface area (Å²) in [6, 6.07) is 1.74. The SMILES string of the molecule is CC(C)(CCNC(=O)c1csc(Br)c1)C(=O)O. The van der Waals surface area contributed by atoms with Crippen LogP contribution < -0.4 is 5.32 Å². The molecule has 0 fully saturated rings. The summed E-state index contributed by atoms with van der Waals surface area (Å²) in [5.41, 5.74) is -0.224. The summed E-state index contributed by atoms with van der Waals surface area (Å²) in [7, 11) is 0. The lowest BCUT2D eigenvalue weighted by Gasteiger charge is -2.18. The van der Waals surface area contributed by atoms with Gasteiger partial charge in [-0.1, -0.05) is 0 Å². The quantitative estimate of drug-likeness (QED) is 0.877. The lowest BCUT2D eigenvalue weighted by atomic mass is 9.90. The molecule has 1 rings (SSSR count). The summed E-state index contributed by atoms with van der Waals surface area (Å²) in [4.78, 5) is 22.5. The van der Waals surface area contributed by atoms with Crippen molar-refractivity contribution >= 4 is 39.1 Å². The van der Waals surface area contributed by atoms with Crippen LogP contribution in [0.2, 0.25) is 0 Å². The van der Waals surface area contributed by atoms with Crippen LogP contribution in [-0.4, -0.2) is 23.5 Å². The number of hydrogen-bond acceptors (Lipinski definition) is 3. The first-order valence-corrected chi connectivity index (χ1v) is 6.76. The largest absolute Gasteiger partial charge is 0.481 e. The van der Waals surface area contributed by atoms with Crippen LogP contribution in [0.4, 0.5) is 0 Å². The zero-order valence-electron chi connectivity index (χ0n) is 9.62. The monoisotopic (exact) mass is 319 g/mol. The smallest absolute Gasteiger partial charge is 0.309 e. The van der Waals surface area contributed by atoms with Gasteiger partial charge in [-0.15, -0.1) is 11.3 Å². The molecule has 0 unspecified atom stereocenters. The van der Waals surface area contributed by atoms with Crippen LogP contribution in [0, 0.1) is 5.41 Å². The third-order valence-electron chi connectivity index (χ3n) is 2.44. The normalized spacial score (nSPS) is 11.2. The lowest BCUT2D eigenvalue weighted by molar-refractivity contribution is -0.147. The molecular formula is C11H14BrNO3S. The van der Waals surface area contributed by atoms with Crippen molar-refractivity contribution in [1.29, 1.82) is 0 Å². The van der Waals surface area contributed by atoms with Crippen LogP contribution in [0.15, 0.2) is 15.2 Å². The molecule has 0 aliphatic heterocycles. The van der Waals surface area contributed by atoms with Gasteiger partial charge in [0.25, 0.3) is 5.91 Å². The second-order valence-electron chi connectivity index (χ2n) is 4.33. The molecule has 1 aromatic heterocycles. The van der Waals surface area contributed by atoms with E-state index < -0.39 is 11.4 Å². The van der Waals surface area contributed by atoms with Crippen LogP contribution in [0.1, 0.15) is 30.6 Å². The van der Waals surface area contributed by atoms with Gasteiger partial charge in [0.05, 0.1) is 14.8 Å². The van der Waals surface area contributed by atoms with Gasteiger partial charge in [0, 0.05) is 11.9 Å². The first kappa shape index (κ1) is 14.2. The topological polar surface area (TPSA) is 66.4 Å². The van der Waals surface area contributed by atoms with Crippen LogP contribution in [0.25, 0.3) is 0 Å². The summed E-state index contributed by atoms with van der Waals surface area (Å²) in [6.07, 6.45) is 0.402. The average Bonchev–Trinajstić information content (AvgIpc) is 2.64. The van der Waals surface area contributed by atoms with E-state index in [-0.39, 0.29) is 5.91 Å². The number of carboxylic acid groups (broad SMARTS) is 1. The van der Waals surface area contributed by atoms with Gasteiger partial charge in [-0.2, -0.15) is 0 Å². The number of aliphatic carboxylic acids is 1. The Morgan fingerprint density at radius 1 is 1.53 bits per heavy atom. The zero-order valence-corrected chi connectivity index (χ0v) is 12.0. The molecule has 0 atom stereocenters. The molecule has 0 radical (unpaired) electrons. The highest BCUT2D eigenvalue weighted by molar-refractivity contribution is 9.11. The van der Waals surface area contributed by atoms with Crippen LogP contribution in [0.3, 0.4) is 0 Å². The fourth-order valence-electron chi connectivity index (χ4n) is 1.13. The minimum atomic E-state index is -0.856. The number of carbonyl (C=O) groups is 2. The maximum absolute atomic E-state index is 11.6. The van der Waals surface area contributed by atoms with Gasteiger partial charge < -0.3 is 10.4 Å². The number of hydrogen-bond donors (Lipinski definition) is 2. The van der Waals surface area contributed by atoms with Crippen molar-refractivity contribution < 1.29 is 14.7 Å². The molecule has 6 heteroatoms. The first-order chi connectivity index (χ1) is 7.83. The van der Waals surface area contributed by atoms with Crippen molar-refractivity contribution in [3.8, 4) is 0 Å². The molecule has 0 aliphatic carbocycles. The Morgan fingerprint density at radius 3 is 2.65 bits per heavy atom. The van der Waals surface area contributed by atoms with Gasteiger partial charge in [0.15, 0.2) is 0 Å². The number of rotatable bonds is 5. The number of amides is 1. The van der Waals surface area contributed by atoms with Crippen molar-refractivity contribution in [2.75, 3.05) is 6.54 Å².